The first-order valence-electron chi connectivity index (χ1n) is 7.94. The van der Waals surface area contributed by atoms with Gasteiger partial charge in [0.2, 0.25) is 5.91 Å². The van der Waals surface area contributed by atoms with Gasteiger partial charge in [0.05, 0.1) is 6.26 Å². The molecule has 1 aromatic heterocycles. The molecule has 0 spiro atoms. The Morgan fingerprint density at radius 3 is 2.48 bits per heavy atom. The molecule has 0 saturated carbocycles. The largest absolute Gasteiger partial charge is 0.481 e. The number of nitrogens with one attached hydrogen (secondary N) is 2. The molecule has 3 N–H and O–H groups in total. The molecule has 2 amide bonds. The molecule has 0 bridgehead atoms. The van der Waals surface area contributed by atoms with E-state index in [0.717, 1.165) is 5.56 Å². The third-order valence-electron chi connectivity index (χ3n) is 3.52. The van der Waals surface area contributed by atoms with Crippen molar-refractivity contribution < 1.29 is 23.9 Å². The average Bonchev–Trinajstić information content (AvgIpc) is 3.13. The Hall–Kier alpha value is -3.09. The van der Waals surface area contributed by atoms with Crippen molar-refractivity contribution in [2.24, 2.45) is 0 Å². The Morgan fingerprint density at radius 1 is 1.08 bits per heavy atom. The van der Waals surface area contributed by atoms with E-state index in [2.05, 4.69) is 10.6 Å². The number of hydrogen-bond donors (Lipinski definition) is 3. The van der Waals surface area contributed by atoms with Crippen molar-refractivity contribution in [3.05, 3.63) is 60.1 Å². The molecule has 1 heterocycles. The fraction of sp³-hybridized carbons (Fsp3) is 0.278. The molecule has 0 aliphatic heterocycles. The lowest BCUT2D eigenvalue weighted by Gasteiger charge is -2.18. The summed E-state index contributed by atoms with van der Waals surface area (Å²) in [5, 5.41) is 13.9. The van der Waals surface area contributed by atoms with Gasteiger partial charge >= 0.3 is 5.97 Å². The van der Waals surface area contributed by atoms with Crippen LogP contribution in [-0.2, 0) is 16.0 Å². The second-order valence-corrected chi connectivity index (χ2v) is 5.48. The molecule has 0 radical (unpaired) electrons. The maximum atomic E-state index is 12.4. The highest BCUT2D eigenvalue weighted by molar-refractivity contribution is 5.95. The summed E-state index contributed by atoms with van der Waals surface area (Å²) in [4.78, 5) is 35.1. The van der Waals surface area contributed by atoms with Crippen LogP contribution in [0, 0.1) is 0 Å². The second-order valence-electron chi connectivity index (χ2n) is 5.48. The minimum Gasteiger partial charge on any atom is -0.481 e. The number of amides is 2. The molecule has 2 rings (SSSR count). The van der Waals surface area contributed by atoms with E-state index in [1.165, 1.54) is 12.3 Å². The predicted octanol–water partition coefficient (Wildman–Crippen LogP) is 1.60. The summed E-state index contributed by atoms with van der Waals surface area (Å²) in [5.74, 6) is -1.64. The van der Waals surface area contributed by atoms with E-state index in [9.17, 15) is 14.4 Å². The molecule has 1 atom stereocenters. The van der Waals surface area contributed by atoms with Crippen molar-refractivity contribution >= 4 is 17.8 Å². The number of furan rings is 1. The summed E-state index contributed by atoms with van der Waals surface area (Å²) in [6.07, 6.45) is 2.00. The summed E-state index contributed by atoms with van der Waals surface area (Å²) in [6, 6.07) is 11.6. The van der Waals surface area contributed by atoms with Gasteiger partial charge in [-0.05, 0) is 24.1 Å². The zero-order valence-corrected chi connectivity index (χ0v) is 13.6. The third-order valence-corrected chi connectivity index (χ3v) is 3.52. The van der Waals surface area contributed by atoms with Gasteiger partial charge in [0.1, 0.15) is 6.04 Å². The first kappa shape index (κ1) is 18.3. The van der Waals surface area contributed by atoms with Crippen LogP contribution >= 0.6 is 0 Å². The molecule has 2 aromatic rings. The molecule has 0 aliphatic rings. The van der Waals surface area contributed by atoms with Crippen LogP contribution in [0.2, 0.25) is 0 Å². The number of carbonyl (C=O) groups is 3. The third kappa shape index (κ3) is 6.14. The highest BCUT2D eigenvalue weighted by atomic mass is 16.4. The molecular formula is C18H20N2O5. The summed E-state index contributed by atoms with van der Waals surface area (Å²) >= 11 is 0. The normalized spacial score (nSPS) is 11.5. The van der Waals surface area contributed by atoms with Crippen molar-refractivity contribution in [3.63, 3.8) is 0 Å². The molecule has 7 heteroatoms. The molecule has 1 unspecified atom stereocenters. The molecule has 0 aliphatic carbocycles. The highest BCUT2D eigenvalue weighted by Crippen LogP contribution is 2.06. The molecule has 7 nitrogen and oxygen atoms in total. The average molecular weight is 344 g/mol. The number of hydrogen-bond acceptors (Lipinski definition) is 4. The monoisotopic (exact) mass is 344 g/mol. The van der Waals surface area contributed by atoms with Gasteiger partial charge in [-0.15, -0.1) is 0 Å². The van der Waals surface area contributed by atoms with Gasteiger partial charge in [-0.1, -0.05) is 30.3 Å². The number of aliphatic carboxylic acids is 1. The van der Waals surface area contributed by atoms with Gasteiger partial charge in [-0.2, -0.15) is 0 Å². The van der Waals surface area contributed by atoms with Gasteiger partial charge in [0.15, 0.2) is 5.76 Å². The lowest BCUT2D eigenvalue weighted by Crippen LogP contribution is -2.48. The molecule has 132 valence electrons. The maximum absolute atomic E-state index is 12.4. The van der Waals surface area contributed by atoms with Gasteiger partial charge < -0.3 is 20.2 Å². The van der Waals surface area contributed by atoms with Gasteiger partial charge in [-0.3, -0.25) is 14.4 Å². The number of carboxylic acid groups (broad SMARTS) is 1. The smallest absolute Gasteiger partial charge is 0.303 e. The predicted molar refractivity (Wildman–Crippen MR) is 90.0 cm³/mol. The van der Waals surface area contributed by atoms with E-state index in [4.69, 9.17) is 9.52 Å². The minimum atomic E-state index is -0.916. The summed E-state index contributed by atoms with van der Waals surface area (Å²) < 4.78 is 5.04. The van der Waals surface area contributed by atoms with Crippen molar-refractivity contribution in [3.8, 4) is 0 Å². The molecular weight excluding hydrogens is 324 g/mol. The van der Waals surface area contributed by atoms with E-state index in [1.54, 1.807) is 6.07 Å². The minimum absolute atomic E-state index is 0.0254. The van der Waals surface area contributed by atoms with Crippen LogP contribution in [0.5, 0.6) is 0 Å². The lowest BCUT2D eigenvalue weighted by atomic mass is 10.0. The topological polar surface area (TPSA) is 109 Å². The fourth-order valence-corrected chi connectivity index (χ4v) is 2.27. The van der Waals surface area contributed by atoms with Crippen LogP contribution in [-0.4, -0.2) is 35.5 Å². The molecule has 0 fully saturated rings. The van der Waals surface area contributed by atoms with Gasteiger partial charge in [0, 0.05) is 19.4 Å². The summed E-state index contributed by atoms with van der Waals surface area (Å²) in [5.41, 5.74) is 0.896. The number of carbonyl (C=O) groups excluding carboxylic acids is 2. The Kier molecular flexibility index (Phi) is 6.76. The van der Waals surface area contributed by atoms with E-state index >= 15 is 0 Å². The lowest BCUT2D eigenvalue weighted by molar-refractivity contribution is -0.137. The molecule has 1 aromatic carbocycles. The maximum Gasteiger partial charge on any atom is 0.303 e. The van der Waals surface area contributed by atoms with Gasteiger partial charge in [-0.25, -0.2) is 0 Å². The number of benzene rings is 1. The van der Waals surface area contributed by atoms with Crippen LogP contribution in [0.15, 0.2) is 53.1 Å². The van der Waals surface area contributed by atoms with Crippen molar-refractivity contribution in [1.29, 1.82) is 0 Å². The van der Waals surface area contributed by atoms with Crippen LogP contribution in [0.4, 0.5) is 0 Å². The first-order valence-corrected chi connectivity index (χ1v) is 7.94. The van der Waals surface area contributed by atoms with E-state index in [1.807, 2.05) is 30.3 Å². The van der Waals surface area contributed by atoms with Crippen LogP contribution in [0.25, 0.3) is 0 Å². The Bertz CT molecular complexity index is 698. The Morgan fingerprint density at radius 2 is 1.84 bits per heavy atom. The Labute approximate surface area is 145 Å². The standard InChI is InChI=1S/C18H20N2O5/c21-16(22)9-4-10-19-17(23)14(12-13-6-2-1-3-7-13)20-18(24)15-8-5-11-25-15/h1-3,5-8,11,14H,4,9-10,12H2,(H,19,23)(H,20,24)(H,21,22). The highest BCUT2D eigenvalue weighted by Gasteiger charge is 2.22. The van der Waals surface area contributed by atoms with Crippen LogP contribution in [0.3, 0.4) is 0 Å². The van der Waals surface area contributed by atoms with E-state index in [0.29, 0.717) is 12.8 Å². The summed E-state index contributed by atoms with van der Waals surface area (Å²) in [7, 11) is 0. The van der Waals surface area contributed by atoms with Crippen LogP contribution < -0.4 is 10.6 Å². The Balaban J connectivity index is 1.99. The van der Waals surface area contributed by atoms with Crippen LogP contribution in [0.1, 0.15) is 29.0 Å². The zero-order valence-electron chi connectivity index (χ0n) is 13.6. The SMILES string of the molecule is O=C(O)CCCNC(=O)C(Cc1ccccc1)NC(=O)c1ccco1. The first-order chi connectivity index (χ1) is 12.1. The van der Waals surface area contributed by atoms with Crippen molar-refractivity contribution in [2.45, 2.75) is 25.3 Å². The summed E-state index contributed by atoms with van der Waals surface area (Å²) in [6.45, 7) is 0.229. The fourth-order valence-electron chi connectivity index (χ4n) is 2.27. The quantitative estimate of drug-likeness (QED) is 0.599. The number of carboxylic acids is 1. The zero-order chi connectivity index (χ0) is 18.1. The van der Waals surface area contributed by atoms with Crippen molar-refractivity contribution in [1.82, 2.24) is 10.6 Å². The van der Waals surface area contributed by atoms with Crippen molar-refractivity contribution in [2.75, 3.05) is 6.54 Å². The van der Waals surface area contributed by atoms with Gasteiger partial charge in [0.25, 0.3) is 5.91 Å². The van der Waals surface area contributed by atoms with E-state index < -0.39 is 17.9 Å². The van der Waals surface area contributed by atoms with E-state index in [-0.39, 0.29) is 24.6 Å². The number of rotatable bonds is 9. The molecule has 25 heavy (non-hydrogen) atoms. The molecule has 0 saturated heterocycles. The second kappa shape index (κ2) is 9.27.